The minimum Gasteiger partial charge on any atom is -0.478 e. The van der Waals surface area contributed by atoms with E-state index in [-0.39, 0.29) is 5.56 Å². The largest absolute Gasteiger partial charge is 0.573 e. The number of aryl methyl sites for hydroxylation is 2. The van der Waals surface area contributed by atoms with Gasteiger partial charge in [0.05, 0.1) is 17.0 Å². The van der Waals surface area contributed by atoms with Crippen LogP contribution in [0.3, 0.4) is 0 Å². The number of nitrogens with one attached hydrogen (secondary N) is 1. The molecule has 0 radical (unpaired) electrons. The summed E-state index contributed by atoms with van der Waals surface area (Å²) in [6, 6.07) is 16.5. The molecule has 4 unspecified atom stereocenters. The molecule has 0 saturated carbocycles. The van der Waals surface area contributed by atoms with Gasteiger partial charge in [-0.25, -0.2) is 9.18 Å². The molecule has 1 amide bonds. The number of carboxylic acids is 1. The van der Waals surface area contributed by atoms with Crippen molar-refractivity contribution in [1.29, 1.82) is 0 Å². The van der Waals surface area contributed by atoms with E-state index in [1.165, 1.54) is 37.3 Å². The van der Waals surface area contributed by atoms with E-state index in [9.17, 15) is 27.9 Å². The second-order valence-corrected chi connectivity index (χ2v) is 11.3. The molecule has 0 fully saturated rings. The third-order valence-electron chi connectivity index (χ3n) is 8.11. The van der Waals surface area contributed by atoms with Crippen molar-refractivity contribution >= 4 is 17.4 Å². The summed E-state index contributed by atoms with van der Waals surface area (Å²) in [5.74, 6) is -2.51. The maximum atomic E-state index is 16.0. The molecular weight excluding hydrogens is 574 g/mol. The monoisotopic (exact) mass is 609 g/mol. The Hall–Kier alpha value is -4.40. The number of hydrogen-bond acceptors (Lipinski definition) is 3. The van der Waals surface area contributed by atoms with Crippen LogP contribution >= 0.6 is 0 Å². The second-order valence-electron chi connectivity index (χ2n) is 11.3. The fourth-order valence-electron chi connectivity index (χ4n) is 5.68. The molecule has 4 atom stereocenters. The summed E-state index contributed by atoms with van der Waals surface area (Å²) in [5.41, 5.74) is 3.27. The van der Waals surface area contributed by atoms with Gasteiger partial charge < -0.3 is 15.2 Å². The highest BCUT2D eigenvalue weighted by Crippen LogP contribution is 2.41. The van der Waals surface area contributed by atoms with Gasteiger partial charge in [-0.3, -0.25) is 4.79 Å². The molecule has 44 heavy (non-hydrogen) atoms. The maximum absolute atomic E-state index is 16.0. The molecular formula is C35H35F4NO4. The summed E-state index contributed by atoms with van der Waals surface area (Å²) in [6.45, 7) is 7.34. The van der Waals surface area contributed by atoms with Gasteiger partial charge in [0.25, 0.3) is 0 Å². The molecule has 9 heteroatoms. The second kappa shape index (κ2) is 13.1. The summed E-state index contributed by atoms with van der Waals surface area (Å²) in [6.07, 6.45) is -0.560. The highest BCUT2D eigenvalue weighted by molar-refractivity contribution is 5.90. The topological polar surface area (TPSA) is 75.6 Å². The van der Waals surface area contributed by atoms with Crippen LogP contribution in [0, 0.1) is 19.3 Å². The van der Waals surface area contributed by atoms with Crippen LogP contribution in [0.1, 0.15) is 76.8 Å². The summed E-state index contributed by atoms with van der Waals surface area (Å²) in [5, 5.41) is 12.4. The van der Waals surface area contributed by atoms with Crippen molar-refractivity contribution in [3.63, 3.8) is 0 Å². The normalized spacial score (nSPS) is 19.5. The first kappa shape index (κ1) is 32.5. The molecule has 0 spiro atoms. The lowest BCUT2D eigenvalue weighted by Crippen LogP contribution is -2.46. The van der Waals surface area contributed by atoms with Gasteiger partial charge in [0.15, 0.2) is 0 Å². The first-order chi connectivity index (χ1) is 20.7. The fourth-order valence-corrected chi connectivity index (χ4v) is 5.68. The van der Waals surface area contributed by atoms with E-state index in [1.54, 1.807) is 24.3 Å². The zero-order valence-electron chi connectivity index (χ0n) is 24.9. The average molecular weight is 610 g/mol. The van der Waals surface area contributed by atoms with Crippen molar-refractivity contribution in [2.75, 3.05) is 0 Å². The average Bonchev–Trinajstić information content (AvgIpc) is 2.96. The van der Waals surface area contributed by atoms with Gasteiger partial charge in [-0.2, -0.15) is 0 Å². The van der Waals surface area contributed by atoms with Crippen molar-refractivity contribution < 1.29 is 37.0 Å². The van der Waals surface area contributed by atoms with Gasteiger partial charge >= 0.3 is 12.3 Å². The van der Waals surface area contributed by atoms with Crippen LogP contribution in [0.15, 0.2) is 85.0 Å². The van der Waals surface area contributed by atoms with Gasteiger partial charge in [-0.1, -0.05) is 68.0 Å². The number of carboxylic acid groups (broad SMARTS) is 1. The zero-order valence-corrected chi connectivity index (χ0v) is 24.9. The molecule has 3 aromatic rings. The van der Waals surface area contributed by atoms with Crippen LogP contribution in [0.4, 0.5) is 17.6 Å². The van der Waals surface area contributed by atoms with Crippen LogP contribution in [-0.2, 0) is 4.79 Å². The summed E-state index contributed by atoms with van der Waals surface area (Å²) in [7, 11) is 0. The Bertz CT molecular complexity index is 1540. The van der Waals surface area contributed by atoms with Crippen LogP contribution in [0.2, 0.25) is 0 Å². The fraction of sp³-hybridized carbons (Fsp3) is 0.314. The van der Waals surface area contributed by atoms with Gasteiger partial charge in [0, 0.05) is 5.92 Å². The van der Waals surface area contributed by atoms with E-state index in [0.717, 1.165) is 34.4 Å². The number of carbonyl (C=O) groups excluding carboxylic acids is 1. The Labute approximate surface area is 254 Å². The number of rotatable bonds is 10. The number of carbonyl (C=O) groups is 2. The van der Waals surface area contributed by atoms with Crippen molar-refractivity contribution in [3.05, 3.63) is 118 Å². The van der Waals surface area contributed by atoms with E-state index in [0.29, 0.717) is 24.0 Å². The van der Waals surface area contributed by atoms with Gasteiger partial charge in [-0.15, -0.1) is 13.2 Å². The molecule has 0 aromatic heterocycles. The summed E-state index contributed by atoms with van der Waals surface area (Å²) < 4.78 is 58.4. The van der Waals surface area contributed by atoms with E-state index in [1.807, 2.05) is 39.0 Å². The number of aromatic carboxylic acids is 1. The number of hydrogen-bond donors (Lipinski definition) is 2. The van der Waals surface area contributed by atoms with Crippen LogP contribution in [0.5, 0.6) is 5.75 Å². The lowest BCUT2D eigenvalue weighted by Gasteiger charge is -2.35. The smallest absolute Gasteiger partial charge is 0.478 e. The number of allylic oxidation sites excluding steroid dienone is 3. The number of halogens is 4. The molecule has 0 aliphatic heterocycles. The third kappa shape index (κ3) is 7.21. The third-order valence-corrected chi connectivity index (χ3v) is 8.11. The summed E-state index contributed by atoms with van der Waals surface area (Å²) in [4.78, 5) is 25.4. The predicted molar refractivity (Wildman–Crippen MR) is 161 cm³/mol. The van der Waals surface area contributed by atoms with E-state index < -0.39 is 47.5 Å². The lowest BCUT2D eigenvalue weighted by atomic mass is 9.76. The minimum absolute atomic E-state index is 0.0878. The maximum Gasteiger partial charge on any atom is 0.573 e. The molecule has 0 saturated heterocycles. The Morgan fingerprint density at radius 2 is 1.57 bits per heavy atom. The molecule has 4 rings (SSSR count). The van der Waals surface area contributed by atoms with Crippen LogP contribution in [-0.4, -0.2) is 29.5 Å². The Morgan fingerprint density at radius 1 is 0.977 bits per heavy atom. The number of alkyl halides is 4. The number of amides is 1. The SMILES string of the molecule is CCCC(c1ccc(C(=O)O)cc1)C(NC(=O)C1(C)C=CC(c2c(C)cccc2C)=CC1F)c1ccc(OC(F)(F)F)cc1. The number of benzene rings is 3. The van der Waals surface area contributed by atoms with E-state index >= 15 is 4.39 Å². The highest BCUT2D eigenvalue weighted by atomic mass is 19.4. The Kier molecular flexibility index (Phi) is 9.66. The molecule has 5 nitrogen and oxygen atoms in total. The predicted octanol–water partition coefficient (Wildman–Crippen LogP) is 8.64. The summed E-state index contributed by atoms with van der Waals surface area (Å²) >= 11 is 0. The minimum atomic E-state index is -4.87. The lowest BCUT2D eigenvalue weighted by molar-refractivity contribution is -0.274. The van der Waals surface area contributed by atoms with Crippen molar-refractivity contribution in [2.24, 2.45) is 5.41 Å². The van der Waals surface area contributed by atoms with E-state index in [4.69, 9.17) is 0 Å². The van der Waals surface area contributed by atoms with Gasteiger partial charge in [0.1, 0.15) is 11.9 Å². The van der Waals surface area contributed by atoms with E-state index in [2.05, 4.69) is 10.1 Å². The standard InChI is InChI=1S/C35H35F4NO4/c1-5-7-28(23-10-12-25(13-11-23)32(41)42)31(24-14-16-27(17-15-24)44-35(37,38)39)40-33(43)34(4)19-18-26(20-29(34)36)30-21(2)8-6-9-22(30)3/h6,8-20,28-29,31H,5,7H2,1-4H3,(H,40,43)(H,41,42). The van der Waals surface area contributed by atoms with Crippen molar-refractivity contribution in [3.8, 4) is 5.75 Å². The molecule has 3 aromatic carbocycles. The molecule has 2 N–H and O–H groups in total. The molecule has 0 bridgehead atoms. The van der Waals surface area contributed by atoms with Crippen molar-refractivity contribution in [1.82, 2.24) is 5.32 Å². The first-order valence-electron chi connectivity index (χ1n) is 14.3. The first-order valence-corrected chi connectivity index (χ1v) is 14.3. The quantitative estimate of drug-likeness (QED) is 0.226. The van der Waals surface area contributed by atoms with Gasteiger partial charge in [-0.05, 0) is 90.9 Å². The van der Waals surface area contributed by atoms with Gasteiger partial charge in [0.2, 0.25) is 5.91 Å². The number of ether oxygens (including phenoxy) is 1. The van der Waals surface area contributed by atoms with Crippen LogP contribution in [0.25, 0.3) is 5.57 Å². The molecule has 0 heterocycles. The Morgan fingerprint density at radius 3 is 2.09 bits per heavy atom. The Balaban J connectivity index is 1.70. The molecule has 1 aliphatic carbocycles. The highest BCUT2D eigenvalue weighted by Gasteiger charge is 2.42. The van der Waals surface area contributed by atoms with Crippen molar-refractivity contribution in [2.45, 2.75) is 65.0 Å². The van der Waals surface area contributed by atoms with Crippen LogP contribution < -0.4 is 10.1 Å². The zero-order chi connectivity index (χ0) is 32.2. The molecule has 1 aliphatic rings. The molecule has 232 valence electrons.